The van der Waals surface area contributed by atoms with Gasteiger partial charge in [-0.15, -0.1) is 0 Å². The molecule has 3 rings (SSSR count). The Balaban J connectivity index is 1.57. The van der Waals surface area contributed by atoms with Crippen molar-refractivity contribution < 1.29 is 9.59 Å². The van der Waals surface area contributed by atoms with E-state index in [0.29, 0.717) is 19.8 Å². The number of aromatic nitrogens is 2. The standard InChI is InChI=1S/C18H23N5O2/c1-3-21-13-22(12-17(21)24)18(25)20-14(2)16-9-19-23(11-16)10-15-7-5-4-6-8-15/h4-9,11,14H,3,10,12-13H2,1-2H3,(H,20,25). The average Bonchev–Trinajstić information content (AvgIpc) is 3.22. The first-order chi connectivity index (χ1) is 12.1. The fourth-order valence-corrected chi connectivity index (χ4v) is 2.83. The molecule has 1 N–H and O–H groups in total. The van der Waals surface area contributed by atoms with E-state index in [-0.39, 0.29) is 24.5 Å². The van der Waals surface area contributed by atoms with Crippen molar-refractivity contribution in [3.63, 3.8) is 0 Å². The van der Waals surface area contributed by atoms with E-state index >= 15 is 0 Å². The van der Waals surface area contributed by atoms with E-state index in [1.165, 1.54) is 10.5 Å². The highest BCUT2D eigenvalue weighted by Crippen LogP contribution is 2.14. The van der Waals surface area contributed by atoms with Crippen LogP contribution in [0.2, 0.25) is 0 Å². The SMILES string of the molecule is CCN1CN(C(=O)NC(C)c2cnn(Cc3ccccc3)c2)CC1=O. The van der Waals surface area contributed by atoms with Crippen molar-refractivity contribution in [1.29, 1.82) is 0 Å². The molecule has 0 saturated carbocycles. The van der Waals surface area contributed by atoms with E-state index in [2.05, 4.69) is 22.5 Å². The molecule has 0 radical (unpaired) electrons. The molecule has 0 aliphatic carbocycles. The lowest BCUT2D eigenvalue weighted by Gasteiger charge is -2.20. The molecule has 1 unspecified atom stereocenters. The first-order valence-corrected chi connectivity index (χ1v) is 8.46. The molecule has 0 spiro atoms. The number of hydrogen-bond donors (Lipinski definition) is 1. The highest BCUT2D eigenvalue weighted by Gasteiger charge is 2.30. The average molecular weight is 341 g/mol. The van der Waals surface area contributed by atoms with E-state index in [1.807, 2.05) is 42.9 Å². The molecule has 2 aromatic rings. The summed E-state index contributed by atoms with van der Waals surface area (Å²) in [5.41, 5.74) is 2.10. The highest BCUT2D eigenvalue weighted by atomic mass is 16.2. The number of rotatable bonds is 5. The largest absolute Gasteiger partial charge is 0.331 e. The number of hydrogen-bond acceptors (Lipinski definition) is 3. The Morgan fingerprint density at radius 2 is 2.08 bits per heavy atom. The zero-order valence-electron chi connectivity index (χ0n) is 14.6. The Hall–Kier alpha value is -2.83. The quantitative estimate of drug-likeness (QED) is 0.902. The number of benzene rings is 1. The second-order valence-corrected chi connectivity index (χ2v) is 6.22. The van der Waals surface area contributed by atoms with Crippen LogP contribution in [0.15, 0.2) is 42.7 Å². The van der Waals surface area contributed by atoms with Crippen LogP contribution in [0.4, 0.5) is 4.79 Å². The Morgan fingerprint density at radius 3 is 2.76 bits per heavy atom. The van der Waals surface area contributed by atoms with E-state index in [4.69, 9.17) is 0 Å². The van der Waals surface area contributed by atoms with Gasteiger partial charge in [0.25, 0.3) is 0 Å². The van der Waals surface area contributed by atoms with Gasteiger partial charge in [-0.2, -0.15) is 5.10 Å². The molecule has 1 aromatic heterocycles. The maximum absolute atomic E-state index is 12.3. The lowest BCUT2D eigenvalue weighted by molar-refractivity contribution is -0.126. The number of nitrogens with one attached hydrogen (secondary N) is 1. The fourth-order valence-electron chi connectivity index (χ4n) is 2.83. The molecule has 2 heterocycles. The van der Waals surface area contributed by atoms with Crippen LogP contribution in [0.25, 0.3) is 0 Å². The maximum atomic E-state index is 12.3. The first kappa shape index (κ1) is 17.0. The van der Waals surface area contributed by atoms with Crippen LogP contribution in [0.1, 0.15) is 31.0 Å². The number of carbonyl (C=O) groups excluding carboxylic acids is 2. The second-order valence-electron chi connectivity index (χ2n) is 6.22. The summed E-state index contributed by atoms with van der Waals surface area (Å²) in [5, 5.41) is 7.30. The molecule has 1 aliphatic rings. The van der Waals surface area contributed by atoms with Crippen LogP contribution in [-0.2, 0) is 11.3 Å². The zero-order chi connectivity index (χ0) is 17.8. The van der Waals surface area contributed by atoms with Crippen LogP contribution in [-0.4, -0.2) is 51.3 Å². The van der Waals surface area contributed by atoms with Gasteiger partial charge in [0.05, 0.1) is 25.5 Å². The molecule has 1 aliphatic heterocycles. The van der Waals surface area contributed by atoms with Crippen molar-refractivity contribution in [2.75, 3.05) is 19.8 Å². The summed E-state index contributed by atoms with van der Waals surface area (Å²) in [6.45, 7) is 5.61. The van der Waals surface area contributed by atoms with Gasteiger partial charge >= 0.3 is 6.03 Å². The predicted octanol–water partition coefficient (Wildman–Crippen LogP) is 1.82. The van der Waals surface area contributed by atoms with Crippen LogP contribution < -0.4 is 5.32 Å². The fraction of sp³-hybridized carbons (Fsp3) is 0.389. The van der Waals surface area contributed by atoms with Gasteiger partial charge in [-0.25, -0.2) is 4.79 Å². The minimum atomic E-state index is -0.229. The van der Waals surface area contributed by atoms with Crippen LogP contribution in [0.5, 0.6) is 0 Å². The Morgan fingerprint density at radius 1 is 1.32 bits per heavy atom. The summed E-state index contributed by atoms with van der Waals surface area (Å²) in [6, 6.07) is 9.68. The van der Waals surface area contributed by atoms with E-state index in [1.54, 1.807) is 11.1 Å². The van der Waals surface area contributed by atoms with Gasteiger partial charge in [-0.05, 0) is 19.4 Å². The third-order valence-electron chi connectivity index (χ3n) is 4.37. The van der Waals surface area contributed by atoms with Gasteiger partial charge in [0.15, 0.2) is 0 Å². The normalized spacial score (nSPS) is 15.5. The van der Waals surface area contributed by atoms with Gasteiger partial charge < -0.3 is 10.2 Å². The van der Waals surface area contributed by atoms with Gasteiger partial charge in [-0.1, -0.05) is 30.3 Å². The molecule has 132 valence electrons. The molecule has 1 aromatic carbocycles. The second kappa shape index (κ2) is 7.38. The minimum Gasteiger partial charge on any atom is -0.331 e. The Bertz CT molecular complexity index is 743. The van der Waals surface area contributed by atoms with Gasteiger partial charge in [0.1, 0.15) is 6.54 Å². The van der Waals surface area contributed by atoms with Crippen molar-refractivity contribution in [2.24, 2.45) is 0 Å². The predicted molar refractivity (Wildman–Crippen MR) is 93.7 cm³/mol. The summed E-state index contributed by atoms with van der Waals surface area (Å²) < 4.78 is 1.85. The lowest BCUT2D eigenvalue weighted by Crippen LogP contribution is -2.40. The Kier molecular flexibility index (Phi) is 5.02. The smallest absolute Gasteiger partial charge is 0.319 e. The number of urea groups is 1. The Labute approximate surface area is 147 Å². The van der Waals surface area contributed by atoms with Crippen LogP contribution in [0, 0.1) is 0 Å². The molecular weight excluding hydrogens is 318 g/mol. The van der Waals surface area contributed by atoms with Gasteiger partial charge in [0.2, 0.25) is 5.91 Å². The van der Waals surface area contributed by atoms with E-state index in [9.17, 15) is 9.59 Å². The minimum absolute atomic E-state index is 0.0130. The molecule has 1 fully saturated rings. The number of amides is 3. The molecule has 7 heteroatoms. The van der Waals surface area contributed by atoms with Gasteiger partial charge in [0, 0.05) is 18.3 Å². The number of nitrogens with zero attached hydrogens (tertiary/aromatic N) is 4. The molecule has 3 amide bonds. The van der Waals surface area contributed by atoms with Crippen molar-refractivity contribution in [3.8, 4) is 0 Å². The number of carbonyl (C=O) groups is 2. The van der Waals surface area contributed by atoms with Crippen molar-refractivity contribution in [2.45, 2.75) is 26.4 Å². The monoisotopic (exact) mass is 341 g/mol. The molecule has 0 bridgehead atoms. The number of likely N-dealkylation sites (N-methyl/N-ethyl adjacent to an activating group) is 1. The maximum Gasteiger partial charge on any atom is 0.319 e. The third-order valence-corrected chi connectivity index (χ3v) is 4.37. The highest BCUT2D eigenvalue weighted by molar-refractivity contribution is 5.87. The van der Waals surface area contributed by atoms with Crippen molar-refractivity contribution in [1.82, 2.24) is 24.9 Å². The summed E-state index contributed by atoms with van der Waals surface area (Å²) in [4.78, 5) is 27.3. The summed E-state index contributed by atoms with van der Waals surface area (Å²) in [5.74, 6) is -0.0130. The topological polar surface area (TPSA) is 70.5 Å². The summed E-state index contributed by atoms with van der Waals surface area (Å²) in [7, 11) is 0. The van der Waals surface area contributed by atoms with Crippen LogP contribution >= 0.6 is 0 Å². The molecule has 7 nitrogen and oxygen atoms in total. The molecule has 1 atom stereocenters. The van der Waals surface area contributed by atoms with Crippen LogP contribution in [0.3, 0.4) is 0 Å². The molecule has 25 heavy (non-hydrogen) atoms. The van der Waals surface area contributed by atoms with E-state index in [0.717, 1.165) is 5.56 Å². The summed E-state index contributed by atoms with van der Waals surface area (Å²) in [6.07, 6.45) is 3.70. The van der Waals surface area contributed by atoms with Gasteiger partial charge in [-0.3, -0.25) is 14.4 Å². The molecular formula is C18H23N5O2. The molecule has 1 saturated heterocycles. The lowest BCUT2D eigenvalue weighted by atomic mass is 10.2. The van der Waals surface area contributed by atoms with Crippen molar-refractivity contribution in [3.05, 3.63) is 53.9 Å². The van der Waals surface area contributed by atoms with E-state index < -0.39 is 0 Å². The first-order valence-electron chi connectivity index (χ1n) is 8.46. The zero-order valence-corrected chi connectivity index (χ0v) is 14.6. The third kappa shape index (κ3) is 3.99. The van der Waals surface area contributed by atoms with Crippen molar-refractivity contribution >= 4 is 11.9 Å². The summed E-state index contributed by atoms with van der Waals surface area (Å²) >= 11 is 0.